The van der Waals surface area contributed by atoms with E-state index in [1.54, 1.807) is 6.92 Å². The molecular weight excluding hydrogens is 351 g/mol. The molecule has 2 rings (SSSR count). The number of halogens is 3. The van der Waals surface area contributed by atoms with Gasteiger partial charge in [-0.25, -0.2) is 4.79 Å². The number of carboxylic acid groups (broad SMARTS) is 1. The highest BCUT2D eigenvalue weighted by atomic mass is 19.4. The molecule has 5 nitrogen and oxygen atoms in total. The molecule has 0 heterocycles. The number of aliphatic carboxylic acids is 1. The third kappa shape index (κ3) is 4.98. The van der Waals surface area contributed by atoms with E-state index in [1.807, 2.05) is 0 Å². The lowest BCUT2D eigenvalue weighted by atomic mass is 10.1. The van der Waals surface area contributed by atoms with Crippen molar-refractivity contribution >= 4 is 11.9 Å². The van der Waals surface area contributed by atoms with Gasteiger partial charge >= 0.3 is 12.1 Å². The van der Waals surface area contributed by atoms with E-state index < -0.39 is 29.7 Å². The van der Waals surface area contributed by atoms with Crippen LogP contribution in [0.15, 0.2) is 48.5 Å². The molecule has 0 bridgehead atoms. The van der Waals surface area contributed by atoms with Crippen molar-refractivity contribution in [3.8, 4) is 11.5 Å². The number of nitrogens with one attached hydrogen (secondary N) is 1. The molecule has 0 aliphatic heterocycles. The Morgan fingerprint density at radius 2 is 1.73 bits per heavy atom. The highest BCUT2D eigenvalue weighted by Gasteiger charge is 2.30. The van der Waals surface area contributed by atoms with Crippen molar-refractivity contribution < 1.29 is 32.6 Å². The number of carbonyl (C=O) groups is 2. The molecule has 2 aromatic carbocycles. The lowest BCUT2D eigenvalue weighted by Gasteiger charge is -2.13. The van der Waals surface area contributed by atoms with E-state index in [9.17, 15) is 22.8 Å². The molecule has 2 N–H and O–H groups in total. The second kappa shape index (κ2) is 7.90. The van der Waals surface area contributed by atoms with E-state index >= 15 is 0 Å². The number of alkyl halides is 3. The molecule has 0 saturated heterocycles. The van der Waals surface area contributed by atoms with Gasteiger partial charge in [0.2, 0.25) is 0 Å². The number of rotatable bonds is 6. The van der Waals surface area contributed by atoms with Crippen LogP contribution < -0.4 is 10.1 Å². The number of carboxylic acids is 1. The van der Waals surface area contributed by atoms with Gasteiger partial charge in [-0.15, -0.1) is 0 Å². The van der Waals surface area contributed by atoms with Gasteiger partial charge in [-0.1, -0.05) is 19.1 Å². The normalized spacial score (nSPS) is 12.3. The Kier molecular flexibility index (Phi) is 5.86. The highest BCUT2D eigenvalue weighted by Crippen LogP contribution is 2.32. The van der Waals surface area contributed by atoms with Crippen LogP contribution in [0.4, 0.5) is 13.2 Å². The maximum atomic E-state index is 12.7. The summed E-state index contributed by atoms with van der Waals surface area (Å²) in [6.45, 7) is 1.62. The summed E-state index contributed by atoms with van der Waals surface area (Å²) in [6.07, 6.45) is -4.28. The molecular formula is C18H16F3NO4. The SMILES string of the molecule is CC[C@@H](NC(=O)c1cccc(Oc2cccc(C(F)(F)F)c2)c1)C(=O)O. The number of carbonyl (C=O) groups excluding carboxylic acids is 1. The van der Waals surface area contributed by atoms with E-state index in [0.29, 0.717) is 0 Å². The Hall–Kier alpha value is -3.03. The van der Waals surface area contributed by atoms with E-state index in [0.717, 1.165) is 12.1 Å². The molecule has 0 fully saturated rings. The number of amides is 1. The van der Waals surface area contributed by atoms with E-state index in [2.05, 4.69) is 5.32 Å². The molecule has 0 radical (unpaired) electrons. The van der Waals surface area contributed by atoms with Gasteiger partial charge in [0.05, 0.1) is 5.56 Å². The summed E-state index contributed by atoms with van der Waals surface area (Å²) in [4.78, 5) is 23.1. The first-order valence-corrected chi connectivity index (χ1v) is 7.69. The van der Waals surface area contributed by atoms with Crippen molar-refractivity contribution in [1.29, 1.82) is 0 Å². The number of ether oxygens (including phenoxy) is 1. The molecule has 0 aliphatic carbocycles. The first-order chi connectivity index (χ1) is 12.2. The summed E-state index contributed by atoms with van der Waals surface area (Å²) in [5.74, 6) is -1.65. The van der Waals surface area contributed by atoms with Gasteiger partial charge in [-0.2, -0.15) is 13.2 Å². The molecule has 2 aromatic rings. The fourth-order valence-corrected chi connectivity index (χ4v) is 2.15. The number of benzene rings is 2. The van der Waals surface area contributed by atoms with Gasteiger partial charge in [0.15, 0.2) is 0 Å². The van der Waals surface area contributed by atoms with Crippen LogP contribution in [-0.2, 0) is 11.0 Å². The Balaban J connectivity index is 2.17. The molecule has 1 atom stereocenters. The third-order valence-electron chi connectivity index (χ3n) is 3.50. The second-order valence-electron chi connectivity index (χ2n) is 5.43. The lowest BCUT2D eigenvalue weighted by Crippen LogP contribution is -2.40. The Labute approximate surface area is 147 Å². The van der Waals surface area contributed by atoms with Crippen molar-refractivity contribution in [2.75, 3.05) is 0 Å². The average molecular weight is 367 g/mol. The lowest BCUT2D eigenvalue weighted by molar-refractivity contribution is -0.139. The zero-order chi connectivity index (χ0) is 19.3. The van der Waals surface area contributed by atoms with Crippen molar-refractivity contribution in [1.82, 2.24) is 5.32 Å². The van der Waals surface area contributed by atoms with Crippen LogP contribution in [0.1, 0.15) is 29.3 Å². The molecule has 0 saturated carbocycles. The second-order valence-corrected chi connectivity index (χ2v) is 5.43. The molecule has 0 unspecified atom stereocenters. The number of hydrogen-bond acceptors (Lipinski definition) is 3. The average Bonchev–Trinajstić information content (AvgIpc) is 2.59. The Bertz CT molecular complexity index is 805. The minimum absolute atomic E-state index is 0.0330. The molecule has 26 heavy (non-hydrogen) atoms. The van der Waals surface area contributed by atoms with Gasteiger partial charge in [0.25, 0.3) is 5.91 Å². The largest absolute Gasteiger partial charge is 0.480 e. The van der Waals surface area contributed by atoms with Gasteiger partial charge in [0.1, 0.15) is 17.5 Å². The van der Waals surface area contributed by atoms with E-state index in [1.165, 1.54) is 36.4 Å². The van der Waals surface area contributed by atoms with Crippen molar-refractivity contribution in [3.05, 3.63) is 59.7 Å². The van der Waals surface area contributed by atoms with Crippen LogP contribution in [0, 0.1) is 0 Å². The van der Waals surface area contributed by atoms with Gasteiger partial charge in [-0.05, 0) is 42.8 Å². The maximum absolute atomic E-state index is 12.7. The third-order valence-corrected chi connectivity index (χ3v) is 3.50. The topological polar surface area (TPSA) is 75.6 Å². The van der Waals surface area contributed by atoms with Crippen LogP contribution >= 0.6 is 0 Å². The van der Waals surface area contributed by atoms with Crippen LogP contribution in [0.2, 0.25) is 0 Å². The summed E-state index contributed by atoms with van der Waals surface area (Å²) in [5, 5.41) is 11.3. The van der Waals surface area contributed by atoms with Gasteiger partial charge in [-0.3, -0.25) is 4.79 Å². The summed E-state index contributed by atoms with van der Waals surface area (Å²) in [6, 6.07) is 9.05. The molecule has 1 amide bonds. The van der Waals surface area contributed by atoms with Crippen molar-refractivity contribution in [3.63, 3.8) is 0 Å². The summed E-state index contributed by atoms with van der Waals surface area (Å²) in [7, 11) is 0. The van der Waals surface area contributed by atoms with E-state index in [4.69, 9.17) is 9.84 Å². The zero-order valence-corrected chi connectivity index (χ0v) is 13.7. The summed E-state index contributed by atoms with van der Waals surface area (Å²) in [5.41, 5.74) is -0.717. The van der Waals surface area contributed by atoms with Crippen molar-refractivity contribution in [2.24, 2.45) is 0 Å². The Morgan fingerprint density at radius 1 is 1.12 bits per heavy atom. The van der Waals surface area contributed by atoms with E-state index in [-0.39, 0.29) is 23.5 Å². The molecule has 8 heteroatoms. The van der Waals surface area contributed by atoms with Crippen molar-refractivity contribution in [2.45, 2.75) is 25.6 Å². The smallest absolute Gasteiger partial charge is 0.416 e. The van der Waals surface area contributed by atoms with Gasteiger partial charge < -0.3 is 15.2 Å². The quantitative estimate of drug-likeness (QED) is 0.806. The summed E-state index contributed by atoms with van der Waals surface area (Å²) >= 11 is 0. The molecule has 0 spiro atoms. The predicted octanol–water partition coefficient (Wildman–Crippen LogP) is 4.09. The van der Waals surface area contributed by atoms with Crippen LogP contribution in [-0.4, -0.2) is 23.0 Å². The maximum Gasteiger partial charge on any atom is 0.416 e. The minimum Gasteiger partial charge on any atom is -0.480 e. The standard InChI is InChI=1S/C18H16F3NO4/c1-2-15(17(24)25)22-16(23)11-5-3-7-13(9-11)26-14-8-4-6-12(10-14)18(19,20)21/h3-10,15H,2H2,1H3,(H,22,23)(H,24,25)/t15-/m1/s1. The zero-order valence-electron chi connectivity index (χ0n) is 13.7. The summed E-state index contributed by atoms with van der Waals surface area (Å²) < 4.78 is 43.6. The first-order valence-electron chi connectivity index (χ1n) is 7.69. The number of hydrogen-bond donors (Lipinski definition) is 2. The first kappa shape index (κ1) is 19.3. The fourth-order valence-electron chi connectivity index (χ4n) is 2.15. The Morgan fingerprint density at radius 3 is 2.31 bits per heavy atom. The highest BCUT2D eigenvalue weighted by molar-refractivity contribution is 5.96. The monoisotopic (exact) mass is 367 g/mol. The molecule has 138 valence electrons. The molecule has 0 aliphatic rings. The van der Waals surface area contributed by atoms with Gasteiger partial charge in [0, 0.05) is 5.56 Å². The fraction of sp³-hybridized carbons (Fsp3) is 0.222. The minimum atomic E-state index is -4.49. The predicted molar refractivity (Wildman–Crippen MR) is 87.1 cm³/mol. The van der Waals surface area contributed by atoms with Crippen LogP contribution in [0.25, 0.3) is 0 Å². The van der Waals surface area contributed by atoms with Crippen LogP contribution in [0.3, 0.4) is 0 Å². The van der Waals surface area contributed by atoms with Crippen LogP contribution in [0.5, 0.6) is 11.5 Å². The molecule has 0 aromatic heterocycles.